The molecule has 0 radical (unpaired) electrons. The van der Waals surface area contributed by atoms with E-state index >= 15 is 0 Å². The van der Waals surface area contributed by atoms with Crippen molar-refractivity contribution in [1.29, 1.82) is 0 Å². The Morgan fingerprint density at radius 2 is 1.18 bits per heavy atom. The predicted octanol–water partition coefficient (Wildman–Crippen LogP) is 2.47. The molecule has 0 bridgehead atoms. The van der Waals surface area contributed by atoms with Crippen LogP contribution in [0.3, 0.4) is 0 Å². The number of hydrogen-bond donors (Lipinski definition) is 0. The maximum atomic E-state index is 5.88. The number of ether oxygens (including phenoxy) is 1. The summed E-state index contributed by atoms with van der Waals surface area (Å²) >= 11 is 23.1. The van der Waals surface area contributed by atoms with Crippen molar-refractivity contribution < 1.29 is 4.74 Å². The second kappa shape index (κ2) is 10.9. The summed E-state index contributed by atoms with van der Waals surface area (Å²) in [5, 5.41) is 0. The summed E-state index contributed by atoms with van der Waals surface area (Å²) in [6.07, 6.45) is -0.395. The molecule has 0 aliphatic heterocycles. The van der Waals surface area contributed by atoms with Gasteiger partial charge in [-0.15, -0.1) is 46.4 Å². The molecule has 0 amide bonds. The topological polar surface area (TPSA) is 15.7 Å². The fraction of sp³-hybridized carbons (Fsp3) is 1.00. The average Bonchev–Trinajstić information content (AvgIpc) is 2.31. The van der Waals surface area contributed by atoms with E-state index in [9.17, 15) is 0 Å². The van der Waals surface area contributed by atoms with Crippen molar-refractivity contribution in [1.82, 2.24) is 9.80 Å². The van der Waals surface area contributed by atoms with Gasteiger partial charge in [-0.05, 0) is 14.1 Å². The fourth-order valence-corrected chi connectivity index (χ4v) is 2.40. The summed E-state index contributed by atoms with van der Waals surface area (Å²) in [6.45, 7) is 1.43. The molecule has 0 fully saturated rings. The number of halogens is 4. The first-order chi connectivity index (χ1) is 8.10. The van der Waals surface area contributed by atoms with Gasteiger partial charge in [-0.25, -0.2) is 0 Å². The van der Waals surface area contributed by atoms with Crippen LogP contribution in [0, 0.1) is 0 Å². The molecule has 17 heavy (non-hydrogen) atoms. The fourth-order valence-electron chi connectivity index (χ4n) is 1.25. The molecule has 0 N–H and O–H groups in total. The maximum absolute atomic E-state index is 5.88. The molecule has 0 aromatic carbocycles. The van der Waals surface area contributed by atoms with Crippen molar-refractivity contribution >= 4 is 46.4 Å². The highest BCUT2D eigenvalue weighted by Gasteiger charge is 2.21. The second-order valence-electron chi connectivity index (χ2n) is 3.69. The molecule has 0 saturated heterocycles. The zero-order valence-electron chi connectivity index (χ0n) is 10.2. The third-order valence-electron chi connectivity index (χ3n) is 2.44. The van der Waals surface area contributed by atoms with Crippen molar-refractivity contribution in [3.05, 3.63) is 0 Å². The van der Waals surface area contributed by atoms with Crippen LogP contribution in [-0.2, 0) is 4.74 Å². The van der Waals surface area contributed by atoms with Gasteiger partial charge in [0.25, 0.3) is 0 Å². The molecular weight excluding hydrogens is 306 g/mol. The Balaban J connectivity index is 4.29. The van der Waals surface area contributed by atoms with Gasteiger partial charge in [-0.3, -0.25) is 9.80 Å². The monoisotopic (exact) mass is 324 g/mol. The van der Waals surface area contributed by atoms with Gasteiger partial charge in [0.1, 0.15) is 12.5 Å². The van der Waals surface area contributed by atoms with Gasteiger partial charge in [0.2, 0.25) is 0 Å². The van der Waals surface area contributed by atoms with Gasteiger partial charge in [-0.1, -0.05) is 0 Å². The van der Waals surface area contributed by atoms with Crippen LogP contribution >= 0.6 is 46.4 Å². The van der Waals surface area contributed by atoms with E-state index in [0.717, 1.165) is 0 Å². The molecule has 2 atom stereocenters. The molecule has 0 aromatic heterocycles. The average molecular weight is 326 g/mol. The summed E-state index contributed by atoms with van der Waals surface area (Å²) in [5.74, 6) is 1.82. The van der Waals surface area contributed by atoms with Crippen LogP contribution in [0.5, 0.6) is 0 Å². The van der Waals surface area contributed by atoms with Crippen LogP contribution in [0.15, 0.2) is 0 Å². The van der Waals surface area contributed by atoms with E-state index in [1.807, 2.05) is 23.9 Å². The van der Waals surface area contributed by atoms with E-state index in [1.165, 1.54) is 0 Å². The highest BCUT2D eigenvalue weighted by Crippen LogP contribution is 2.10. The normalized spacial score (nSPS) is 15.5. The lowest BCUT2D eigenvalue weighted by Crippen LogP contribution is -2.45. The quantitative estimate of drug-likeness (QED) is 0.453. The summed E-state index contributed by atoms with van der Waals surface area (Å²) in [7, 11) is 3.84. The van der Waals surface area contributed by atoms with Crippen LogP contribution in [0.2, 0.25) is 0 Å². The lowest BCUT2D eigenvalue weighted by atomic mass is 10.4. The SMILES string of the molecule is CN(CCCl)C(CCl)OC(CCl)N(C)CCCl. The van der Waals surface area contributed by atoms with Crippen molar-refractivity contribution in [3.63, 3.8) is 0 Å². The van der Waals surface area contributed by atoms with E-state index in [-0.39, 0.29) is 12.5 Å². The van der Waals surface area contributed by atoms with Crippen LogP contribution < -0.4 is 0 Å². The Kier molecular flexibility index (Phi) is 11.6. The van der Waals surface area contributed by atoms with Crippen molar-refractivity contribution in [2.75, 3.05) is 50.7 Å². The molecular formula is C10H20Cl4N2O. The minimum absolute atomic E-state index is 0.197. The van der Waals surface area contributed by atoms with Crippen molar-refractivity contribution in [2.45, 2.75) is 12.5 Å². The highest BCUT2D eigenvalue weighted by molar-refractivity contribution is 6.19. The molecule has 0 aliphatic rings. The Bertz CT molecular complexity index is 170. The van der Waals surface area contributed by atoms with E-state index in [2.05, 4.69) is 0 Å². The molecule has 0 aromatic rings. The number of hydrogen-bond acceptors (Lipinski definition) is 3. The minimum atomic E-state index is -0.197. The molecule has 0 aliphatic carbocycles. The van der Waals surface area contributed by atoms with Gasteiger partial charge in [0.05, 0.1) is 11.8 Å². The van der Waals surface area contributed by atoms with E-state index < -0.39 is 0 Å². The summed E-state index contributed by atoms with van der Waals surface area (Å²) in [5.41, 5.74) is 0. The van der Waals surface area contributed by atoms with Gasteiger partial charge in [0, 0.05) is 24.8 Å². The van der Waals surface area contributed by atoms with Crippen molar-refractivity contribution in [2.24, 2.45) is 0 Å². The molecule has 2 unspecified atom stereocenters. The van der Waals surface area contributed by atoms with Crippen LogP contribution in [0.1, 0.15) is 0 Å². The summed E-state index contributed by atoms with van der Waals surface area (Å²) in [4.78, 5) is 3.93. The molecule has 3 nitrogen and oxygen atoms in total. The number of alkyl halides is 4. The van der Waals surface area contributed by atoms with Crippen molar-refractivity contribution in [3.8, 4) is 0 Å². The van der Waals surface area contributed by atoms with Gasteiger partial charge >= 0.3 is 0 Å². The first kappa shape index (κ1) is 18.0. The van der Waals surface area contributed by atoms with E-state index in [1.54, 1.807) is 0 Å². The molecule has 0 rings (SSSR count). The Labute approximate surface area is 124 Å². The van der Waals surface area contributed by atoms with Crippen LogP contribution in [0.25, 0.3) is 0 Å². The van der Waals surface area contributed by atoms with Gasteiger partial charge in [-0.2, -0.15) is 0 Å². The molecule has 0 saturated carbocycles. The third-order valence-corrected chi connectivity index (χ3v) is 3.30. The van der Waals surface area contributed by atoms with Crippen LogP contribution in [0.4, 0.5) is 0 Å². The maximum Gasteiger partial charge on any atom is 0.126 e. The Morgan fingerprint density at radius 3 is 1.41 bits per heavy atom. The first-order valence-electron chi connectivity index (χ1n) is 5.40. The third kappa shape index (κ3) is 7.26. The smallest absolute Gasteiger partial charge is 0.126 e. The first-order valence-corrected chi connectivity index (χ1v) is 7.54. The molecule has 7 heteroatoms. The molecule has 0 heterocycles. The zero-order chi connectivity index (χ0) is 13.3. The van der Waals surface area contributed by atoms with E-state index in [0.29, 0.717) is 36.6 Å². The van der Waals surface area contributed by atoms with Gasteiger partial charge in [0.15, 0.2) is 0 Å². The summed E-state index contributed by atoms with van der Waals surface area (Å²) in [6, 6.07) is 0. The highest BCUT2D eigenvalue weighted by atomic mass is 35.5. The second-order valence-corrected chi connectivity index (χ2v) is 5.07. The standard InChI is InChI=1S/C10H20Cl4N2O/c1-15(5-3-11)9(7-13)17-10(8-14)16(2)6-4-12/h9-10H,3-8H2,1-2H3. The van der Waals surface area contributed by atoms with Gasteiger partial charge < -0.3 is 4.74 Å². The zero-order valence-corrected chi connectivity index (χ0v) is 13.2. The largest absolute Gasteiger partial charge is 0.342 e. The minimum Gasteiger partial charge on any atom is -0.342 e. The number of nitrogens with zero attached hydrogens (tertiary/aromatic N) is 2. The summed E-state index contributed by atoms with van der Waals surface area (Å²) < 4.78 is 5.85. The van der Waals surface area contributed by atoms with Crippen LogP contribution in [-0.4, -0.2) is 73.0 Å². The Hall–Kier alpha value is 1.04. The Morgan fingerprint density at radius 1 is 0.824 bits per heavy atom. The lowest BCUT2D eigenvalue weighted by Gasteiger charge is -2.33. The molecule has 0 spiro atoms. The lowest BCUT2D eigenvalue weighted by molar-refractivity contribution is -0.120. The predicted molar refractivity (Wildman–Crippen MR) is 76.8 cm³/mol. The number of rotatable bonds is 10. The molecule has 104 valence electrons. The van der Waals surface area contributed by atoms with E-state index in [4.69, 9.17) is 51.1 Å².